The number of benzene rings is 1. The van der Waals surface area contributed by atoms with Crippen molar-refractivity contribution >= 4 is 5.69 Å². The standard InChI is InChI=1S/C14H24N2/c1-4-10-16(12(3)5-2)14-8-6-13(11-15)7-9-14/h6-9,12H,4-5,10-11,15H2,1-3H3. The highest BCUT2D eigenvalue weighted by Gasteiger charge is 2.11. The van der Waals surface area contributed by atoms with Crippen LogP contribution in [0, 0.1) is 0 Å². The van der Waals surface area contributed by atoms with Crippen LogP contribution < -0.4 is 10.6 Å². The Kier molecular flexibility index (Phi) is 5.33. The minimum atomic E-state index is 0.601. The number of rotatable bonds is 6. The van der Waals surface area contributed by atoms with E-state index in [4.69, 9.17) is 5.73 Å². The van der Waals surface area contributed by atoms with Crippen molar-refractivity contribution in [2.24, 2.45) is 5.73 Å². The molecule has 16 heavy (non-hydrogen) atoms. The van der Waals surface area contributed by atoms with E-state index in [1.165, 1.54) is 24.1 Å². The molecule has 1 unspecified atom stereocenters. The molecule has 2 N–H and O–H groups in total. The fourth-order valence-corrected chi connectivity index (χ4v) is 1.89. The number of nitrogens with two attached hydrogens (primary N) is 1. The molecule has 0 bridgehead atoms. The maximum atomic E-state index is 5.61. The Hall–Kier alpha value is -1.02. The maximum Gasteiger partial charge on any atom is 0.0368 e. The summed E-state index contributed by atoms with van der Waals surface area (Å²) in [6.07, 6.45) is 2.36. The normalized spacial score (nSPS) is 12.5. The molecular weight excluding hydrogens is 196 g/mol. The summed E-state index contributed by atoms with van der Waals surface area (Å²) >= 11 is 0. The predicted molar refractivity (Wildman–Crippen MR) is 71.7 cm³/mol. The molecule has 0 saturated carbocycles. The number of hydrogen-bond donors (Lipinski definition) is 1. The van der Waals surface area contributed by atoms with Gasteiger partial charge in [-0.25, -0.2) is 0 Å². The molecule has 2 nitrogen and oxygen atoms in total. The van der Waals surface area contributed by atoms with Crippen molar-refractivity contribution in [3.05, 3.63) is 29.8 Å². The first kappa shape index (κ1) is 13.0. The summed E-state index contributed by atoms with van der Waals surface area (Å²) in [5.41, 5.74) is 8.12. The van der Waals surface area contributed by atoms with Gasteiger partial charge in [-0.3, -0.25) is 0 Å². The highest BCUT2D eigenvalue weighted by Crippen LogP contribution is 2.19. The van der Waals surface area contributed by atoms with E-state index < -0.39 is 0 Å². The van der Waals surface area contributed by atoms with E-state index in [1.54, 1.807) is 0 Å². The van der Waals surface area contributed by atoms with Crippen LogP contribution in [0.1, 0.15) is 39.2 Å². The highest BCUT2D eigenvalue weighted by atomic mass is 15.1. The first-order valence-electron chi connectivity index (χ1n) is 6.28. The average molecular weight is 220 g/mol. The Morgan fingerprint density at radius 3 is 2.25 bits per heavy atom. The second-order valence-electron chi connectivity index (χ2n) is 4.32. The molecule has 1 atom stereocenters. The van der Waals surface area contributed by atoms with Gasteiger partial charge >= 0.3 is 0 Å². The van der Waals surface area contributed by atoms with Crippen LogP contribution in [0.25, 0.3) is 0 Å². The van der Waals surface area contributed by atoms with Gasteiger partial charge in [0.15, 0.2) is 0 Å². The lowest BCUT2D eigenvalue weighted by Gasteiger charge is -2.30. The van der Waals surface area contributed by atoms with Gasteiger partial charge in [0.05, 0.1) is 0 Å². The molecule has 0 saturated heterocycles. The molecule has 0 heterocycles. The summed E-state index contributed by atoms with van der Waals surface area (Å²) in [6.45, 7) is 8.49. The second-order valence-corrected chi connectivity index (χ2v) is 4.32. The van der Waals surface area contributed by atoms with Crippen molar-refractivity contribution in [1.29, 1.82) is 0 Å². The summed E-state index contributed by atoms with van der Waals surface area (Å²) in [4.78, 5) is 2.47. The Bertz CT molecular complexity index is 292. The molecular formula is C14H24N2. The zero-order valence-corrected chi connectivity index (χ0v) is 10.7. The minimum Gasteiger partial charge on any atom is -0.369 e. The summed E-state index contributed by atoms with van der Waals surface area (Å²) in [5.74, 6) is 0. The van der Waals surface area contributed by atoms with Crippen LogP contribution in [0.2, 0.25) is 0 Å². The lowest BCUT2D eigenvalue weighted by molar-refractivity contribution is 0.610. The SMILES string of the molecule is CCCN(c1ccc(CN)cc1)C(C)CC. The van der Waals surface area contributed by atoms with Crippen LogP contribution in [0.15, 0.2) is 24.3 Å². The van der Waals surface area contributed by atoms with Gasteiger partial charge in [-0.1, -0.05) is 26.0 Å². The van der Waals surface area contributed by atoms with E-state index in [-0.39, 0.29) is 0 Å². The Labute approximate surface area is 99.5 Å². The van der Waals surface area contributed by atoms with Gasteiger partial charge in [-0.2, -0.15) is 0 Å². The van der Waals surface area contributed by atoms with E-state index in [9.17, 15) is 0 Å². The van der Waals surface area contributed by atoms with Gasteiger partial charge in [-0.05, 0) is 37.5 Å². The third kappa shape index (κ3) is 3.24. The maximum absolute atomic E-state index is 5.61. The first-order valence-corrected chi connectivity index (χ1v) is 6.28. The van der Waals surface area contributed by atoms with Crippen molar-refractivity contribution in [2.45, 2.75) is 46.2 Å². The van der Waals surface area contributed by atoms with E-state index in [2.05, 4.69) is 49.9 Å². The molecule has 1 aromatic rings. The summed E-state index contributed by atoms with van der Waals surface area (Å²) < 4.78 is 0. The van der Waals surface area contributed by atoms with Crippen LogP contribution in [-0.4, -0.2) is 12.6 Å². The molecule has 0 aliphatic heterocycles. The monoisotopic (exact) mass is 220 g/mol. The molecule has 0 amide bonds. The average Bonchev–Trinajstić information content (AvgIpc) is 2.35. The Morgan fingerprint density at radius 1 is 1.19 bits per heavy atom. The fourth-order valence-electron chi connectivity index (χ4n) is 1.89. The van der Waals surface area contributed by atoms with Crippen molar-refractivity contribution in [3.63, 3.8) is 0 Å². The second kappa shape index (κ2) is 6.54. The van der Waals surface area contributed by atoms with Gasteiger partial charge in [-0.15, -0.1) is 0 Å². The molecule has 2 heteroatoms. The first-order chi connectivity index (χ1) is 7.72. The van der Waals surface area contributed by atoms with Gasteiger partial charge in [0.1, 0.15) is 0 Å². The zero-order chi connectivity index (χ0) is 12.0. The van der Waals surface area contributed by atoms with Crippen molar-refractivity contribution in [3.8, 4) is 0 Å². The van der Waals surface area contributed by atoms with E-state index in [0.717, 1.165) is 6.54 Å². The zero-order valence-electron chi connectivity index (χ0n) is 10.7. The molecule has 0 fully saturated rings. The molecule has 90 valence electrons. The van der Waals surface area contributed by atoms with Gasteiger partial charge in [0.25, 0.3) is 0 Å². The topological polar surface area (TPSA) is 29.3 Å². The molecule has 0 aliphatic rings. The lowest BCUT2D eigenvalue weighted by atomic mass is 10.1. The lowest BCUT2D eigenvalue weighted by Crippen LogP contribution is -2.33. The summed E-state index contributed by atoms with van der Waals surface area (Å²) in [5, 5.41) is 0. The van der Waals surface area contributed by atoms with Crippen molar-refractivity contribution in [2.75, 3.05) is 11.4 Å². The molecule has 0 aromatic heterocycles. The molecule has 0 aliphatic carbocycles. The minimum absolute atomic E-state index is 0.601. The van der Waals surface area contributed by atoms with Crippen LogP contribution in [0.5, 0.6) is 0 Å². The van der Waals surface area contributed by atoms with Crippen LogP contribution in [0.3, 0.4) is 0 Å². The largest absolute Gasteiger partial charge is 0.369 e. The Balaban J connectivity index is 2.83. The smallest absolute Gasteiger partial charge is 0.0368 e. The predicted octanol–water partition coefficient (Wildman–Crippen LogP) is 3.16. The van der Waals surface area contributed by atoms with Gasteiger partial charge < -0.3 is 10.6 Å². The van der Waals surface area contributed by atoms with Gasteiger partial charge in [0, 0.05) is 24.8 Å². The molecule has 0 radical (unpaired) electrons. The third-order valence-electron chi connectivity index (χ3n) is 3.09. The Morgan fingerprint density at radius 2 is 1.81 bits per heavy atom. The van der Waals surface area contributed by atoms with Gasteiger partial charge in [0.2, 0.25) is 0 Å². The van der Waals surface area contributed by atoms with Crippen LogP contribution >= 0.6 is 0 Å². The van der Waals surface area contributed by atoms with Crippen molar-refractivity contribution in [1.82, 2.24) is 0 Å². The quantitative estimate of drug-likeness (QED) is 0.798. The van der Waals surface area contributed by atoms with Crippen molar-refractivity contribution < 1.29 is 0 Å². The third-order valence-corrected chi connectivity index (χ3v) is 3.09. The van der Waals surface area contributed by atoms with Crippen LogP contribution in [0.4, 0.5) is 5.69 Å². The number of hydrogen-bond acceptors (Lipinski definition) is 2. The van der Waals surface area contributed by atoms with E-state index in [1.807, 2.05) is 0 Å². The molecule has 1 aromatic carbocycles. The summed E-state index contributed by atoms with van der Waals surface area (Å²) in [6, 6.07) is 9.22. The summed E-state index contributed by atoms with van der Waals surface area (Å²) in [7, 11) is 0. The number of nitrogens with zero attached hydrogens (tertiary/aromatic N) is 1. The fraction of sp³-hybridized carbons (Fsp3) is 0.571. The highest BCUT2D eigenvalue weighted by molar-refractivity contribution is 5.48. The number of anilines is 1. The molecule has 1 rings (SSSR count). The van der Waals surface area contributed by atoms with E-state index >= 15 is 0 Å². The van der Waals surface area contributed by atoms with E-state index in [0.29, 0.717) is 12.6 Å². The van der Waals surface area contributed by atoms with Crippen LogP contribution in [-0.2, 0) is 6.54 Å². The molecule has 0 spiro atoms.